The third kappa shape index (κ3) is 4.18. The lowest BCUT2D eigenvalue weighted by molar-refractivity contribution is 0.198. The number of aryl methyl sites for hydroxylation is 1. The van der Waals surface area contributed by atoms with E-state index in [1.54, 1.807) is 24.5 Å². The van der Waals surface area contributed by atoms with E-state index in [0.29, 0.717) is 19.5 Å². The second-order valence-corrected chi connectivity index (χ2v) is 7.49. The van der Waals surface area contributed by atoms with Gasteiger partial charge in [-0.2, -0.15) is 4.31 Å². The summed E-state index contributed by atoms with van der Waals surface area (Å²) >= 11 is 0. The number of aromatic nitrogens is 2. The van der Waals surface area contributed by atoms with Crippen LogP contribution in [0, 0.1) is 6.92 Å². The number of benzene rings is 1. The summed E-state index contributed by atoms with van der Waals surface area (Å²) in [6.45, 7) is 2.72. The molecule has 1 unspecified atom stereocenters. The summed E-state index contributed by atoms with van der Waals surface area (Å²) in [5.74, 6) is 0. The Morgan fingerprint density at radius 3 is 2.62 bits per heavy atom. The maximum Gasteiger partial charge on any atom is 0.316 e. The van der Waals surface area contributed by atoms with E-state index < -0.39 is 10.0 Å². The third-order valence-electron chi connectivity index (χ3n) is 3.79. The van der Waals surface area contributed by atoms with E-state index in [0.717, 1.165) is 11.1 Å². The Morgan fingerprint density at radius 2 is 1.92 bits per heavy atom. The predicted octanol–water partition coefficient (Wildman–Crippen LogP) is 2.24. The average Bonchev–Trinajstić information content (AvgIpc) is 3.05. The fourth-order valence-electron chi connectivity index (χ4n) is 2.45. The molecule has 0 N–H and O–H groups in total. The van der Waals surface area contributed by atoms with Crippen molar-refractivity contribution in [2.45, 2.75) is 19.4 Å². The smallest absolute Gasteiger partial charge is 0.316 e. The maximum atomic E-state index is 12.4. The summed E-state index contributed by atoms with van der Waals surface area (Å²) in [6.07, 6.45) is 5.20. The van der Waals surface area contributed by atoms with Gasteiger partial charge in [0.05, 0.1) is 6.54 Å². The van der Waals surface area contributed by atoms with Crippen molar-refractivity contribution in [2.75, 3.05) is 13.1 Å². The summed E-state index contributed by atoms with van der Waals surface area (Å²) in [7, 11) is -3.46. The normalized spacial score (nSPS) is 19.0. The molecule has 1 aromatic carbocycles. The first-order chi connectivity index (χ1) is 11.5. The highest BCUT2D eigenvalue weighted by Crippen LogP contribution is 2.19. The zero-order valence-corrected chi connectivity index (χ0v) is 14.2. The quantitative estimate of drug-likeness (QED) is 0.831. The van der Waals surface area contributed by atoms with Crippen LogP contribution in [0.4, 0.5) is 0 Å². The van der Waals surface area contributed by atoms with Gasteiger partial charge in [-0.15, -0.1) is 0 Å². The molecule has 0 amide bonds. The van der Waals surface area contributed by atoms with Gasteiger partial charge in [0.15, 0.2) is 0 Å². The van der Waals surface area contributed by atoms with Gasteiger partial charge in [-0.25, -0.2) is 18.4 Å². The number of ether oxygens (including phenoxy) is 1. The van der Waals surface area contributed by atoms with Crippen molar-refractivity contribution in [3.8, 4) is 6.01 Å². The van der Waals surface area contributed by atoms with E-state index in [1.165, 1.54) is 9.71 Å². The standard InChI is InChI=1S/C17H19N3O3S/c1-14-3-5-15(6-4-14)8-12-24(21,22)20-11-7-16(13-20)23-17-18-9-2-10-19-17/h2-6,8-10,12,16H,7,11,13H2,1H3/b12-8+. The highest BCUT2D eigenvalue weighted by Gasteiger charge is 2.31. The summed E-state index contributed by atoms with van der Waals surface area (Å²) in [6, 6.07) is 9.66. The Hall–Kier alpha value is -2.25. The molecule has 126 valence electrons. The van der Waals surface area contributed by atoms with Gasteiger partial charge < -0.3 is 4.74 Å². The van der Waals surface area contributed by atoms with E-state index >= 15 is 0 Å². The molecule has 1 aliphatic rings. The van der Waals surface area contributed by atoms with Crippen molar-refractivity contribution in [2.24, 2.45) is 0 Å². The number of rotatable bonds is 5. The molecule has 24 heavy (non-hydrogen) atoms. The maximum absolute atomic E-state index is 12.4. The Labute approximate surface area is 141 Å². The molecule has 0 radical (unpaired) electrons. The molecule has 0 aliphatic carbocycles. The van der Waals surface area contributed by atoms with Gasteiger partial charge in [-0.05, 0) is 31.1 Å². The molecule has 2 aromatic rings. The van der Waals surface area contributed by atoms with Gasteiger partial charge in [0.2, 0.25) is 10.0 Å². The molecule has 1 aliphatic heterocycles. The monoisotopic (exact) mass is 345 g/mol. The molecule has 6 nitrogen and oxygen atoms in total. The van der Waals surface area contributed by atoms with Crippen LogP contribution in [0.2, 0.25) is 0 Å². The van der Waals surface area contributed by atoms with E-state index in [1.807, 2.05) is 31.2 Å². The van der Waals surface area contributed by atoms with Gasteiger partial charge in [-0.1, -0.05) is 29.8 Å². The van der Waals surface area contributed by atoms with Crippen molar-refractivity contribution < 1.29 is 13.2 Å². The Kier molecular flexibility index (Phi) is 4.92. The topological polar surface area (TPSA) is 72.4 Å². The van der Waals surface area contributed by atoms with Gasteiger partial charge in [0, 0.05) is 24.3 Å². The largest absolute Gasteiger partial charge is 0.459 e. The summed E-state index contributed by atoms with van der Waals surface area (Å²) < 4.78 is 31.9. The van der Waals surface area contributed by atoms with Crippen molar-refractivity contribution in [3.63, 3.8) is 0 Å². The molecule has 0 spiro atoms. The number of sulfonamides is 1. The highest BCUT2D eigenvalue weighted by molar-refractivity contribution is 7.92. The second-order valence-electron chi connectivity index (χ2n) is 5.68. The van der Waals surface area contributed by atoms with Gasteiger partial charge >= 0.3 is 6.01 Å². The molecule has 1 fully saturated rings. The minimum atomic E-state index is -3.46. The molecule has 1 saturated heterocycles. The van der Waals surface area contributed by atoms with Crippen LogP contribution < -0.4 is 4.74 Å². The zero-order chi connectivity index (χ0) is 17.0. The first-order valence-corrected chi connectivity index (χ1v) is 9.22. The van der Waals surface area contributed by atoms with Crippen LogP contribution in [0.15, 0.2) is 48.1 Å². The molecule has 2 heterocycles. The number of hydrogen-bond donors (Lipinski definition) is 0. The highest BCUT2D eigenvalue weighted by atomic mass is 32.2. The van der Waals surface area contributed by atoms with Gasteiger partial charge in [0.25, 0.3) is 0 Å². The van der Waals surface area contributed by atoms with Crippen molar-refractivity contribution in [1.29, 1.82) is 0 Å². The molecule has 7 heteroatoms. The van der Waals surface area contributed by atoms with Crippen molar-refractivity contribution >= 4 is 16.1 Å². The summed E-state index contributed by atoms with van der Waals surface area (Å²) in [4.78, 5) is 7.99. The second kappa shape index (κ2) is 7.11. The van der Waals surface area contributed by atoms with Crippen LogP contribution in [0.5, 0.6) is 6.01 Å². The van der Waals surface area contributed by atoms with Gasteiger partial charge in [-0.3, -0.25) is 0 Å². The Bertz CT molecular complexity index is 805. The van der Waals surface area contributed by atoms with E-state index in [4.69, 9.17) is 4.74 Å². The lowest BCUT2D eigenvalue weighted by atomic mass is 10.2. The van der Waals surface area contributed by atoms with Crippen molar-refractivity contribution in [1.82, 2.24) is 14.3 Å². The lowest BCUT2D eigenvalue weighted by Crippen LogP contribution is -2.29. The van der Waals surface area contributed by atoms with Crippen LogP contribution in [-0.4, -0.2) is 41.9 Å². The van der Waals surface area contributed by atoms with Crippen LogP contribution in [-0.2, 0) is 10.0 Å². The molecule has 0 saturated carbocycles. The summed E-state index contributed by atoms with van der Waals surface area (Å²) in [5.41, 5.74) is 1.99. The average molecular weight is 345 g/mol. The number of hydrogen-bond acceptors (Lipinski definition) is 5. The molecule has 1 atom stereocenters. The van der Waals surface area contributed by atoms with Crippen LogP contribution >= 0.6 is 0 Å². The predicted molar refractivity (Wildman–Crippen MR) is 91.8 cm³/mol. The Balaban J connectivity index is 1.62. The first-order valence-electron chi connectivity index (χ1n) is 7.71. The third-order valence-corrected chi connectivity index (χ3v) is 5.32. The van der Waals surface area contributed by atoms with Crippen LogP contribution in [0.25, 0.3) is 6.08 Å². The van der Waals surface area contributed by atoms with E-state index in [2.05, 4.69) is 9.97 Å². The number of nitrogens with zero attached hydrogens (tertiary/aromatic N) is 3. The van der Waals surface area contributed by atoms with Crippen LogP contribution in [0.3, 0.4) is 0 Å². The Morgan fingerprint density at radius 1 is 1.21 bits per heavy atom. The first kappa shape index (κ1) is 16.6. The molecule has 0 bridgehead atoms. The molecular weight excluding hydrogens is 326 g/mol. The molecule has 3 rings (SSSR count). The lowest BCUT2D eigenvalue weighted by Gasteiger charge is -2.14. The minimum absolute atomic E-state index is 0.227. The molecule has 1 aromatic heterocycles. The van der Waals surface area contributed by atoms with Crippen LogP contribution in [0.1, 0.15) is 17.5 Å². The van der Waals surface area contributed by atoms with E-state index in [9.17, 15) is 8.42 Å². The molecular formula is C17H19N3O3S. The fourth-order valence-corrected chi connectivity index (χ4v) is 3.68. The SMILES string of the molecule is Cc1ccc(/C=C/S(=O)(=O)N2CCC(Oc3ncccn3)C2)cc1. The van der Waals surface area contributed by atoms with Crippen molar-refractivity contribution in [3.05, 3.63) is 59.3 Å². The fraction of sp³-hybridized carbons (Fsp3) is 0.294. The zero-order valence-electron chi connectivity index (χ0n) is 13.4. The summed E-state index contributed by atoms with van der Waals surface area (Å²) in [5, 5.41) is 1.25. The van der Waals surface area contributed by atoms with Gasteiger partial charge in [0.1, 0.15) is 6.10 Å². The van der Waals surface area contributed by atoms with E-state index in [-0.39, 0.29) is 12.1 Å². The minimum Gasteiger partial charge on any atom is -0.459 e.